The van der Waals surface area contributed by atoms with Gasteiger partial charge in [-0.3, -0.25) is 0 Å². The van der Waals surface area contributed by atoms with Gasteiger partial charge in [-0.2, -0.15) is 0 Å². The van der Waals surface area contributed by atoms with Crippen LogP contribution < -0.4 is 5.32 Å². The molecule has 2 unspecified atom stereocenters. The van der Waals surface area contributed by atoms with Crippen LogP contribution in [-0.2, 0) is 0 Å². The lowest BCUT2D eigenvalue weighted by Gasteiger charge is -2.25. The Labute approximate surface area is 126 Å². The van der Waals surface area contributed by atoms with Crippen LogP contribution in [0.15, 0.2) is 59.5 Å². The quantitative estimate of drug-likeness (QED) is 0.763. The molecule has 0 amide bonds. The van der Waals surface area contributed by atoms with Gasteiger partial charge in [-0.1, -0.05) is 62.4 Å². The summed E-state index contributed by atoms with van der Waals surface area (Å²) in [6.07, 6.45) is 0. The molecule has 2 rings (SSSR count). The maximum Gasteiger partial charge on any atom is 0.0441 e. The van der Waals surface area contributed by atoms with Crippen LogP contribution >= 0.6 is 11.8 Å². The van der Waals surface area contributed by atoms with Crippen molar-refractivity contribution in [2.24, 2.45) is 0 Å². The number of thioether (sulfide) groups is 1. The van der Waals surface area contributed by atoms with Gasteiger partial charge in [0.15, 0.2) is 0 Å². The molecule has 0 saturated heterocycles. The van der Waals surface area contributed by atoms with Crippen LogP contribution in [0.3, 0.4) is 0 Å². The highest BCUT2D eigenvalue weighted by Crippen LogP contribution is 2.33. The Balaban J connectivity index is 2.16. The van der Waals surface area contributed by atoms with Crippen molar-refractivity contribution in [1.82, 2.24) is 5.32 Å². The molecule has 1 nitrogen and oxygen atoms in total. The van der Waals surface area contributed by atoms with Crippen LogP contribution in [0.2, 0.25) is 0 Å². The topological polar surface area (TPSA) is 12.0 Å². The fourth-order valence-corrected chi connectivity index (χ4v) is 3.59. The van der Waals surface area contributed by atoms with Crippen molar-refractivity contribution in [2.75, 3.05) is 6.54 Å². The van der Waals surface area contributed by atoms with E-state index in [-0.39, 0.29) is 0 Å². The highest BCUT2D eigenvalue weighted by molar-refractivity contribution is 8.00. The van der Waals surface area contributed by atoms with E-state index in [4.69, 9.17) is 0 Å². The van der Waals surface area contributed by atoms with Crippen molar-refractivity contribution < 1.29 is 0 Å². The van der Waals surface area contributed by atoms with E-state index in [9.17, 15) is 0 Å². The zero-order valence-electron chi connectivity index (χ0n) is 12.5. The highest BCUT2D eigenvalue weighted by Gasteiger charge is 2.19. The second kappa shape index (κ2) is 7.51. The third kappa shape index (κ3) is 3.87. The van der Waals surface area contributed by atoms with Crippen molar-refractivity contribution in [3.8, 4) is 0 Å². The summed E-state index contributed by atoms with van der Waals surface area (Å²) in [4.78, 5) is 1.37. The predicted molar refractivity (Wildman–Crippen MR) is 89.4 cm³/mol. The summed E-state index contributed by atoms with van der Waals surface area (Å²) in [6.45, 7) is 7.64. The first-order chi connectivity index (χ1) is 9.72. The summed E-state index contributed by atoms with van der Waals surface area (Å²) < 4.78 is 0. The lowest BCUT2D eigenvalue weighted by atomic mass is 10.0. The number of hydrogen-bond acceptors (Lipinski definition) is 2. The summed E-state index contributed by atoms with van der Waals surface area (Å²) >= 11 is 1.95. The van der Waals surface area contributed by atoms with Gasteiger partial charge in [0.25, 0.3) is 0 Å². The fourth-order valence-electron chi connectivity index (χ4n) is 2.39. The van der Waals surface area contributed by atoms with Crippen LogP contribution in [0, 0.1) is 6.92 Å². The van der Waals surface area contributed by atoms with Gasteiger partial charge >= 0.3 is 0 Å². The van der Waals surface area contributed by atoms with E-state index in [2.05, 4.69) is 80.7 Å². The van der Waals surface area contributed by atoms with Gasteiger partial charge in [-0.05, 0) is 30.7 Å². The Morgan fingerprint density at radius 1 is 1.00 bits per heavy atom. The van der Waals surface area contributed by atoms with Crippen molar-refractivity contribution in [3.05, 3.63) is 65.7 Å². The first kappa shape index (κ1) is 15.1. The number of benzene rings is 2. The van der Waals surface area contributed by atoms with E-state index in [0.717, 1.165) is 6.54 Å². The van der Waals surface area contributed by atoms with E-state index < -0.39 is 0 Å². The minimum Gasteiger partial charge on any atom is -0.309 e. The maximum absolute atomic E-state index is 3.62. The van der Waals surface area contributed by atoms with Gasteiger partial charge in [0.2, 0.25) is 0 Å². The molecule has 0 aliphatic carbocycles. The van der Waals surface area contributed by atoms with E-state index in [1.54, 1.807) is 0 Å². The Hall–Kier alpha value is -1.25. The summed E-state index contributed by atoms with van der Waals surface area (Å²) in [5.74, 6) is 0. The molecule has 0 spiro atoms. The molecule has 0 fully saturated rings. The van der Waals surface area contributed by atoms with Crippen LogP contribution in [-0.4, -0.2) is 11.8 Å². The van der Waals surface area contributed by atoms with Crippen molar-refractivity contribution >= 4 is 11.8 Å². The first-order valence-corrected chi connectivity index (χ1v) is 8.11. The Bertz CT molecular complexity index is 524. The molecule has 106 valence electrons. The molecule has 0 aliphatic heterocycles. The molecule has 0 heterocycles. The molecule has 0 saturated carbocycles. The van der Waals surface area contributed by atoms with E-state index in [1.165, 1.54) is 16.0 Å². The molecule has 2 atom stereocenters. The molecule has 2 aromatic carbocycles. The summed E-state index contributed by atoms with van der Waals surface area (Å²) in [5, 5.41) is 4.10. The number of nitrogens with one attached hydrogen (secondary N) is 1. The van der Waals surface area contributed by atoms with Gasteiger partial charge < -0.3 is 5.32 Å². The van der Waals surface area contributed by atoms with Gasteiger partial charge in [-0.25, -0.2) is 0 Å². The first-order valence-electron chi connectivity index (χ1n) is 7.23. The highest BCUT2D eigenvalue weighted by atomic mass is 32.2. The molecule has 2 heteroatoms. The third-order valence-corrected chi connectivity index (χ3v) is 4.81. The molecule has 0 aromatic heterocycles. The van der Waals surface area contributed by atoms with Gasteiger partial charge in [-0.15, -0.1) is 11.8 Å². The minimum atomic E-state index is 0.380. The molecular weight excluding hydrogens is 262 g/mol. The monoisotopic (exact) mass is 285 g/mol. The van der Waals surface area contributed by atoms with Crippen LogP contribution in [0.4, 0.5) is 0 Å². The molecule has 0 bridgehead atoms. The fraction of sp³-hybridized carbons (Fsp3) is 0.333. The lowest BCUT2D eigenvalue weighted by Crippen LogP contribution is -2.28. The smallest absolute Gasteiger partial charge is 0.0441 e. The van der Waals surface area contributed by atoms with E-state index in [0.29, 0.717) is 11.3 Å². The molecule has 0 aliphatic rings. The summed E-state index contributed by atoms with van der Waals surface area (Å²) in [5.41, 5.74) is 2.72. The molecule has 1 N–H and O–H groups in total. The molecule has 2 aromatic rings. The van der Waals surface area contributed by atoms with Crippen molar-refractivity contribution in [1.29, 1.82) is 0 Å². The number of rotatable bonds is 6. The third-order valence-electron chi connectivity index (χ3n) is 3.46. The lowest BCUT2D eigenvalue weighted by molar-refractivity contribution is 0.548. The van der Waals surface area contributed by atoms with Crippen LogP contribution in [0.25, 0.3) is 0 Å². The Kier molecular flexibility index (Phi) is 5.69. The zero-order valence-corrected chi connectivity index (χ0v) is 13.3. The second-order valence-corrected chi connectivity index (χ2v) is 6.45. The van der Waals surface area contributed by atoms with E-state index >= 15 is 0 Å². The van der Waals surface area contributed by atoms with Gasteiger partial charge in [0.05, 0.1) is 0 Å². The van der Waals surface area contributed by atoms with E-state index in [1.807, 2.05) is 11.8 Å². The van der Waals surface area contributed by atoms with Crippen LogP contribution in [0.1, 0.15) is 31.0 Å². The largest absolute Gasteiger partial charge is 0.309 e. The SMILES string of the molecule is CCNC(c1ccccc1)C(C)Sc1ccccc1C. The standard InChI is InChI=1S/C18H23NS/c1-4-19-18(16-11-6-5-7-12-16)15(3)20-17-13-9-8-10-14(17)2/h5-13,15,18-19H,4H2,1-3H3. The second-order valence-electron chi connectivity index (χ2n) is 5.03. The summed E-state index contributed by atoms with van der Waals surface area (Å²) in [7, 11) is 0. The molecular formula is C18H23NS. The summed E-state index contributed by atoms with van der Waals surface area (Å²) in [6, 6.07) is 19.7. The number of hydrogen-bond donors (Lipinski definition) is 1. The van der Waals surface area contributed by atoms with Crippen LogP contribution in [0.5, 0.6) is 0 Å². The maximum atomic E-state index is 3.62. The van der Waals surface area contributed by atoms with Gasteiger partial charge in [0, 0.05) is 16.2 Å². The predicted octanol–water partition coefficient (Wildman–Crippen LogP) is 4.83. The van der Waals surface area contributed by atoms with Gasteiger partial charge in [0.1, 0.15) is 0 Å². The minimum absolute atomic E-state index is 0.380. The normalized spacial score (nSPS) is 13.9. The Morgan fingerprint density at radius 2 is 1.65 bits per heavy atom. The average Bonchev–Trinajstić information content (AvgIpc) is 2.48. The van der Waals surface area contributed by atoms with Crippen molar-refractivity contribution in [3.63, 3.8) is 0 Å². The molecule has 20 heavy (non-hydrogen) atoms. The van der Waals surface area contributed by atoms with Crippen molar-refractivity contribution in [2.45, 2.75) is 37.0 Å². The number of aryl methyl sites for hydroxylation is 1. The zero-order chi connectivity index (χ0) is 14.4. The Morgan fingerprint density at radius 3 is 2.30 bits per heavy atom. The molecule has 0 radical (unpaired) electrons. The average molecular weight is 285 g/mol.